The Labute approximate surface area is 355 Å². The van der Waals surface area contributed by atoms with Gasteiger partial charge in [-0.2, -0.15) is 0 Å². The van der Waals surface area contributed by atoms with Crippen molar-refractivity contribution in [3.8, 4) is 0 Å². The van der Waals surface area contributed by atoms with Crippen LogP contribution in [0.1, 0.15) is 279 Å². The molecule has 6 heteroatoms. The normalized spacial score (nSPS) is 12.1. The van der Waals surface area contributed by atoms with Crippen molar-refractivity contribution in [2.45, 2.75) is 285 Å². The van der Waals surface area contributed by atoms with Gasteiger partial charge in [0.15, 0.2) is 6.10 Å². The first-order valence-electron chi connectivity index (χ1n) is 25.2. The number of esters is 3. The Morgan fingerprint density at radius 1 is 0.333 bits per heavy atom. The van der Waals surface area contributed by atoms with E-state index in [0.717, 1.165) is 69.6 Å². The van der Waals surface area contributed by atoms with Crippen molar-refractivity contribution in [1.29, 1.82) is 0 Å². The molecule has 0 saturated carbocycles. The highest BCUT2D eigenvalue weighted by Crippen LogP contribution is 2.17. The maximum absolute atomic E-state index is 12.8. The second-order valence-corrected chi connectivity index (χ2v) is 18.4. The van der Waals surface area contributed by atoms with Gasteiger partial charge in [0.2, 0.25) is 0 Å². The van der Waals surface area contributed by atoms with Crippen LogP contribution in [0.3, 0.4) is 0 Å². The Balaban J connectivity index is 4.32. The molecule has 0 rings (SSSR count). The summed E-state index contributed by atoms with van der Waals surface area (Å²) in [7, 11) is 0. The maximum Gasteiger partial charge on any atom is 0.306 e. The van der Waals surface area contributed by atoms with E-state index in [1.54, 1.807) is 0 Å². The number of rotatable bonds is 45. The molecule has 0 spiro atoms. The van der Waals surface area contributed by atoms with Crippen LogP contribution < -0.4 is 0 Å². The van der Waals surface area contributed by atoms with Gasteiger partial charge < -0.3 is 14.2 Å². The van der Waals surface area contributed by atoms with E-state index in [2.05, 4.69) is 34.6 Å². The molecule has 6 nitrogen and oxygen atoms in total. The largest absolute Gasteiger partial charge is 0.462 e. The molecule has 0 aliphatic heterocycles. The molecule has 0 aliphatic rings. The van der Waals surface area contributed by atoms with E-state index < -0.39 is 6.10 Å². The highest BCUT2D eigenvalue weighted by molar-refractivity contribution is 5.71. The van der Waals surface area contributed by atoms with Gasteiger partial charge in [0.1, 0.15) is 13.2 Å². The van der Waals surface area contributed by atoms with Crippen molar-refractivity contribution < 1.29 is 28.6 Å². The van der Waals surface area contributed by atoms with E-state index in [-0.39, 0.29) is 31.1 Å². The minimum Gasteiger partial charge on any atom is -0.462 e. The summed E-state index contributed by atoms with van der Waals surface area (Å²) >= 11 is 0. The Morgan fingerprint density at radius 2 is 0.579 bits per heavy atom. The summed E-state index contributed by atoms with van der Waals surface area (Å²) in [5, 5.41) is 0. The van der Waals surface area contributed by atoms with Crippen LogP contribution in [0.25, 0.3) is 0 Å². The molecule has 0 N–H and O–H groups in total. The number of carbonyl (C=O) groups excluding carboxylic acids is 3. The van der Waals surface area contributed by atoms with E-state index in [4.69, 9.17) is 14.2 Å². The van der Waals surface area contributed by atoms with Gasteiger partial charge in [-0.1, -0.05) is 240 Å². The fraction of sp³-hybridized carbons (Fsp3) is 0.941. The van der Waals surface area contributed by atoms with E-state index in [0.29, 0.717) is 19.3 Å². The smallest absolute Gasteiger partial charge is 0.306 e. The third kappa shape index (κ3) is 45.3. The molecule has 1 atom stereocenters. The zero-order valence-electron chi connectivity index (χ0n) is 39.0. The summed E-state index contributed by atoms with van der Waals surface area (Å²) in [6.45, 7) is 11.3. The van der Waals surface area contributed by atoms with Crippen molar-refractivity contribution in [3.63, 3.8) is 0 Å². The van der Waals surface area contributed by atoms with Gasteiger partial charge in [-0.15, -0.1) is 0 Å². The lowest BCUT2D eigenvalue weighted by Gasteiger charge is -2.18. The number of ether oxygens (including phenoxy) is 3. The standard InChI is InChI=1S/C51H98O6/c1-6-7-8-9-10-11-12-13-14-17-21-28-33-38-43-51(54)57-48(45-56-50(53)42-37-32-27-23-22-25-30-35-40-47(4)5)44-55-49(52)41-36-31-26-20-18-15-16-19-24-29-34-39-46(2)3/h46-48H,6-45H2,1-5H3/t48-/m0/s1. The quantitative estimate of drug-likeness (QED) is 0.0346. The van der Waals surface area contributed by atoms with Gasteiger partial charge in [-0.25, -0.2) is 0 Å². The summed E-state index contributed by atoms with van der Waals surface area (Å²) < 4.78 is 16.8. The molecular weight excluding hydrogens is 709 g/mol. The van der Waals surface area contributed by atoms with Gasteiger partial charge in [0.25, 0.3) is 0 Å². The van der Waals surface area contributed by atoms with E-state index in [1.165, 1.54) is 167 Å². The third-order valence-corrected chi connectivity index (χ3v) is 11.5. The monoisotopic (exact) mass is 807 g/mol. The summed E-state index contributed by atoms with van der Waals surface area (Å²) in [4.78, 5) is 37.9. The van der Waals surface area contributed by atoms with Crippen molar-refractivity contribution in [3.05, 3.63) is 0 Å². The lowest BCUT2D eigenvalue weighted by molar-refractivity contribution is -0.167. The van der Waals surface area contributed by atoms with Crippen LogP contribution in [0.4, 0.5) is 0 Å². The zero-order chi connectivity index (χ0) is 41.9. The van der Waals surface area contributed by atoms with E-state index in [1.807, 2.05) is 0 Å². The van der Waals surface area contributed by atoms with Gasteiger partial charge in [0, 0.05) is 19.3 Å². The minimum absolute atomic E-state index is 0.0643. The third-order valence-electron chi connectivity index (χ3n) is 11.5. The van der Waals surface area contributed by atoms with E-state index in [9.17, 15) is 14.4 Å². The van der Waals surface area contributed by atoms with Crippen LogP contribution in [0, 0.1) is 11.8 Å². The summed E-state index contributed by atoms with van der Waals surface area (Å²) in [6, 6.07) is 0. The van der Waals surface area contributed by atoms with Gasteiger partial charge in [-0.3, -0.25) is 14.4 Å². The Bertz CT molecular complexity index is 870. The number of carbonyl (C=O) groups is 3. The molecule has 338 valence electrons. The molecule has 0 aromatic heterocycles. The number of hydrogen-bond acceptors (Lipinski definition) is 6. The molecule has 0 aromatic rings. The molecule has 0 unspecified atom stereocenters. The molecule has 57 heavy (non-hydrogen) atoms. The SMILES string of the molecule is CCCCCCCCCCCCCCCCC(=O)O[C@@H](COC(=O)CCCCCCCCCCCCCC(C)C)COC(=O)CCCCCCCCCCC(C)C. The van der Waals surface area contributed by atoms with Crippen LogP contribution in [-0.2, 0) is 28.6 Å². The Kier molecular flexibility index (Phi) is 42.7. The molecule has 0 saturated heterocycles. The first kappa shape index (κ1) is 55.4. The van der Waals surface area contributed by atoms with Gasteiger partial charge >= 0.3 is 17.9 Å². The van der Waals surface area contributed by atoms with Crippen LogP contribution in [0.15, 0.2) is 0 Å². The molecule has 0 amide bonds. The molecule has 0 aliphatic carbocycles. The van der Waals surface area contributed by atoms with Crippen molar-refractivity contribution >= 4 is 17.9 Å². The second kappa shape index (κ2) is 44.0. The topological polar surface area (TPSA) is 78.9 Å². The average molecular weight is 807 g/mol. The minimum atomic E-state index is -0.761. The maximum atomic E-state index is 12.8. The Hall–Kier alpha value is -1.59. The average Bonchev–Trinajstić information content (AvgIpc) is 3.18. The second-order valence-electron chi connectivity index (χ2n) is 18.4. The van der Waals surface area contributed by atoms with E-state index >= 15 is 0 Å². The van der Waals surface area contributed by atoms with Crippen molar-refractivity contribution in [2.75, 3.05) is 13.2 Å². The molecule has 0 radical (unpaired) electrons. The van der Waals surface area contributed by atoms with Gasteiger partial charge in [0.05, 0.1) is 0 Å². The lowest BCUT2D eigenvalue weighted by atomic mass is 10.0. The summed E-state index contributed by atoms with van der Waals surface area (Å²) in [5.41, 5.74) is 0. The molecule has 0 aromatic carbocycles. The Morgan fingerprint density at radius 3 is 0.860 bits per heavy atom. The fourth-order valence-electron chi connectivity index (χ4n) is 7.64. The van der Waals surface area contributed by atoms with Crippen molar-refractivity contribution in [2.24, 2.45) is 11.8 Å². The number of unbranched alkanes of at least 4 members (excludes halogenated alkanes) is 30. The van der Waals surface area contributed by atoms with Gasteiger partial charge in [-0.05, 0) is 31.1 Å². The summed E-state index contributed by atoms with van der Waals surface area (Å²) in [5.74, 6) is 0.772. The lowest BCUT2D eigenvalue weighted by Crippen LogP contribution is -2.30. The predicted molar refractivity (Wildman–Crippen MR) is 243 cm³/mol. The molecule has 0 heterocycles. The molecular formula is C51H98O6. The highest BCUT2D eigenvalue weighted by atomic mass is 16.6. The first-order valence-corrected chi connectivity index (χ1v) is 25.2. The fourth-order valence-corrected chi connectivity index (χ4v) is 7.64. The number of hydrogen-bond donors (Lipinski definition) is 0. The van der Waals surface area contributed by atoms with Crippen LogP contribution in [0.5, 0.6) is 0 Å². The summed E-state index contributed by atoms with van der Waals surface area (Å²) in [6.07, 6.45) is 43.7. The van der Waals surface area contributed by atoms with Crippen LogP contribution in [0.2, 0.25) is 0 Å². The molecule has 0 bridgehead atoms. The highest BCUT2D eigenvalue weighted by Gasteiger charge is 2.19. The van der Waals surface area contributed by atoms with Crippen LogP contribution in [-0.4, -0.2) is 37.2 Å². The predicted octanol–water partition coefficient (Wildman–Crippen LogP) is 16.1. The first-order chi connectivity index (χ1) is 27.7. The molecule has 0 fully saturated rings. The van der Waals surface area contributed by atoms with Crippen molar-refractivity contribution in [1.82, 2.24) is 0 Å². The zero-order valence-corrected chi connectivity index (χ0v) is 39.0. The van der Waals surface area contributed by atoms with Crippen LogP contribution >= 0.6 is 0 Å².